The maximum atomic E-state index is 11.0. The van der Waals surface area contributed by atoms with Crippen LogP contribution >= 0.6 is 0 Å². The minimum atomic E-state index is -1.35. The summed E-state index contributed by atoms with van der Waals surface area (Å²) in [6, 6.07) is 0. The molecular weight excluding hydrogens is 344 g/mol. The number of carboxylic acid groups (broad SMARTS) is 2. The first kappa shape index (κ1) is 28.8. The van der Waals surface area contributed by atoms with Crippen LogP contribution in [-0.2, 0) is 28.7 Å². The molecule has 0 spiro atoms. The minimum absolute atomic E-state index is 0. The van der Waals surface area contributed by atoms with E-state index in [1.165, 1.54) is 0 Å². The van der Waals surface area contributed by atoms with Crippen molar-refractivity contribution < 1.29 is 38.9 Å². The summed E-state index contributed by atoms with van der Waals surface area (Å²) in [4.78, 5) is 42.2. The molecule has 0 fully saturated rings. The van der Waals surface area contributed by atoms with Crippen LogP contribution in [0.5, 0.6) is 0 Å². The smallest absolute Gasteiger partial charge is 0.550 e. The van der Waals surface area contributed by atoms with Gasteiger partial charge in [-0.1, -0.05) is 13.8 Å². The zero-order chi connectivity index (χ0) is 19.1. The number of aliphatic carboxylic acids is 2. The third-order valence-corrected chi connectivity index (χ3v) is 2.83. The Hall–Kier alpha value is -1.03. The molecule has 0 aromatic heterocycles. The van der Waals surface area contributed by atoms with Gasteiger partial charge in [0.2, 0.25) is 0 Å². The molecule has 0 aliphatic carbocycles. The SMILES string of the molecule is CCOC(CC)C(=O)CC(=O)[O-].CCOC(CC)C(=O)CC(=O)[O-].[Mg+2]. The molecular formula is C16H26MgO8. The number of hydrogen-bond donors (Lipinski definition) is 0. The Bertz CT molecular complexity index is 373. The molecule has 0 amide bonds. The van der Waals surface area contributed by atoms with E-state index in [0.717, 1.165) is 0 Å². The number of carboxylic acids is 2. The number of Topliss-reactive ketones (excluding diaryl/α,β-unsaturated/α-hetero) is 2. The number of carbonyl (C=O) groups is 4. The Morgan fingerprint density at radius 1 is 0.720 bits per heavy atom. The Labute approximate surface area is 164 Å². The van der Waals surface area contributed by atoms with E-state index >= 15 is 0 Å². The van der Waals surface area contributed by atoms with Gasteiger partial charge in [-0.3, -0.25) is 9.59 Å². The Balaban J connectivity index is -0.000000372. The summed E-state index contributed by atoms with van der Waals surface area (Å²) in [5.41, 5.74) is 0. The van der Waals surface area contributed by atoms with Gasteiger partial charge in [-0.05, 0) is 26.7 Å². The van der Waals surface area contributed by atoms with Crippen LogP contribution < -0.4 is 10.2 Å². The van der Waals surface area contributed by atoms with Crippen molar-refractivity contribution in [1.29, 1.82) is 0 Å². The van der Waals surface area contributed by atoms with Crippen LogP contribution in [0, 0.1) is 0 Å². The molecule has 9 heteroatoms. The second kappa shape index (κ2) is 17.8. The monoisotopic (exact) mass is 370 g/mol. The minimum Gasteiger partial charge on any atom is -0.550 e. The molecule has 2 atom stereocenters. The van der Waals surface area contributed by atoms with Gasteiger partial charge < -0.3 is 29.3 Å². The Morgan fingerprint density at radius 3 is 1.16 bits per heavy atom. The van der Waals surface area contributed by atoms with E-state index in [1.54, 1.807) is 27.7 Å². The van der Waals surface area contributed by atoms with E-state index in [-0.39, 0.29) is 23.1 Å². The number of carbonyl (C=O) groups excluding carboxylic acids is 4. The van der Waals surface area contributed by atoms with Gasteiger partial charge in [0.05, 0.1) is 0 Å². The summed E-state index contributed by atoms with van der Waals surface area (Å²) in [5.74, 6) is -3.53. The molecule has 0 aliphatic heterocycles. The first-order chi connectivity index (χ1) is 11.2. The van der Waals surface area contributed by atoms with Gasteiger partial charge in [0.15, 0.2) is 11.6 Å². The topological polar surface area (TPSA) is 133 Å². The number of hydrogen-bond acceptors (Lipinski definition) is 8. The first-order valence-corrected chi connectivity index (χ1v) is 7.91. The van der Waals surface area contributed by atoms with Crippen LogP contribution in [-0.4, -0.2) is 72.0 Å². The van der Waals surface area contributed by atoms with Crippen LogP contribution in [0.15, 0.2) is 0 Å². The zero-order valence-corrected chi connectivity index (χ0v) is 16.8. The molecule has 0 saturated carbocycles. The maximum absolute atomic E-state index is 11.0. The van der Waals surface area contributed by atoms with E-state index in [2.05, 4.69) is 0 Å². The molecule has 0 N–H and O–H groups in total. The summed E-state index contributed by atoms with van der Waals surface area (Å²) in [6.07, 6.45) is -1.29. The molecule has 0 aromatic rings. The van der Waals surface area contributed by atoms with Gasteiger partial charge in [0, 0.05) is 38.0 Å². The van der Waals surface area contributed by atoms with Crippen molar-refractivity contribution >= 4 is 46.6 Å². The van der Waals surface area contributed by atoms with Crippen molar-refractivity contribution in [1.82, 2.24) is 0 Å². The van der Waals surface area contributed by atoms with Crippen molar-refractivity contribution in [2.45, 2.75) is 65.6 Å². The molecule has 0 radical (unpaired) electrons. The summed E-state index contributed by atoms with van der Waals surface area (Å²) >= 11 is 0. The van der Waals surface area contributed by atoms with Crippen molar-refractivity contribution in [3.8, 4) is 0 Å². The molecule has 0 aromatic carbocycles. The first-order valence-electron chi connectivity index (χ1n) is 7.91. The second-order valence-electron chi connectivity index (χ2n) is 4.73. The number of ether oxygens (including phenoxy) is 2. The predicted molar refractivity (Wildman–Crippen MR) is 86.4 cm³/mol. The zero-order valence-electron chi connectivity index (χ0n) is 15.4. The predicted octanol–water partition coefficient (Wildman–Crippen LogP) is -1.36. The number of rotatable bonds is 12. The van der Waals surface area contributed by atoms with Gasteiger partial charge in [-0.25, -0.2) is 0 Å². The van der Waals surface area contributed by atoms with E-state index in [0.29, 0.717) is 26.1 Å². The average molecular weight is 371 g/mol. The summed E-state index contributed by atoms with van der Waals surface area (Å²) in [5, 5.41) is 20.1. The van der Waals surface area contributed by atoms with Gasteiger partial charge in [-0.2, -0.15) is 0 Å². The quantitative estimate of drug-likeness (QED) is 0.304. The summed E-state index contributed by atoms with van der Waals surface area (Å²) in [6.45, 7) is 7.89. The van der Waals surface area contributed by atoms with Crippen LogP contribution in [0.1, 0.15) is 53.4 Å². The largest absolute Gasteiger partial charge is 2.00 e. The van der Waals surface area contributed by atoms with Crippen molar-refractivity contribution in [2.24, 2.45) is 0 Å². The number of ketones is 2. The summed E-state index contributed by atoms with van der Waals surface area (Å²) < 4.78 is 10.0. The fourth-order valence-electron chi connectivity index (χ4n) is 1.79. The van der Waals surface area contributed by atoms with E-state index in [1.807, 2.05) is 0 Å². The van der Waals surface area contributed by atoms with Gasteiger partial charge in [-0.15, -0.1) is 0 Å². The van der Waals surface area contributed by atoms with Crippen LogP contribution in [0.25, 0.3) is 0 Å². The second-order valence-corrected chi connectivity index (χ2v) is 4.73. The van der Waals surface area contributed by atoms with Crippen molar-refractivity contribution in [2.75, 3.05) is 13.2 Å². The van der Waals surface area contributed by atoms with Crippen molar-refractivity contribution in [3.05, 3.63) is 0 Å². The standard InChI is InChI=1S/2C8H14O4.Mg/c2*1-3-7(12-4-2)6(9)5-8(10)11;/h2*7H,3-5H2,1-2H3,(H,10,11);/q;;+2/p-2. The van der Waals surface area contributed by atoms with Crippen molar-refractivity contribution in [3.63, 3.8) is 0 Å². The van der Waals surface area contributed by atoms with Crippen LogP contribution in [0.4, 0.5) is 0 Å². The summed E-state index contributed by atoms with van der Waals surface area (Å²) in [7, 11) is 0. The molecule has 25 heavy (non-hydrogen) atoms. The van der Waals surface area contributed by atoms with Gasteiger partial charge in [0.25, 0.3) is 0 Å². The third-order valence-electron chi connectivity index (χ3n) is 2.83. The van der Waals surface area contributed by atoms with Gasteiger partial charge in [0.1, 0.15) is 12.2 Å². The molecule has 0 rings (SSSR count). The maximum Gasteiger partial charge on any atom is 2.00 e. The average Bonchev–Trinajstić information content (AvgIpc) is 2.49. The fourth-order valence-corrected chi connectivity index (χ4v) is 1.79. The van der Waals surface area contributed by atoms with Gasteiger partial charge >= 0.3 is 23.1 Å². The molecule has 0 saturated heterocycles. The Morgan fingerprint density at radius 2 is 1.00 bits per heavy atom. The van der Waals surface area contributed by atoms with Crippen LogP contribution in [0.3, 0.4) is 0 Å². The molecule has 140 valence electrons. The van der Waals surface area contributed by atoms with E-state index < -0.39 is 48.6 Å². The third kappa shape index (κ3) is 16.2. The Kier molecular flexibility index (Phi) is 20.5. The molecule has 0 bridgehead atoms. The normalized spacial score (nSPS) is 12.0. The van der Waals surface area contributed by atoms with Crippen LogP contribution in [0.2, 0.25) is 0 Å². The molecule has 0 heterocycles. The van der Waals surface area contributed by atoms with E-state index in [4.69, 9.17) is 9.47 Å². The fraction of sp³-hybridized carbons (Fsp3) is 0.750. The molecule has 0 aliphatic rings. The molecule has 8 nitrogen and oxygen atoms in total. The molecule has 2 unspecified atom stereocenters. The van der Waals surface area contributed by atoms with E-state index in [9.17, 15) is 29.4 Å².